The lowest BCUT2D eigenvalue weighted by atomic mass is 9.83. The number of likely N-dealkylation sites (N-methyl/N-ethyl adjacent to an activating group) is 1. The fourth-order valence-corrected chi connectivity index (χ4v) is 4.39. The van der Waals surface area contributed by atoms with Crippen molar-refractivity contribution in [1.29, 1.82) is 0 Å². The number of amides is 1. The van der Waals surface area contributed by atoms with Crippen molar-refractivity contribution in [3.05, 3.63) is 41.7 Å². The second-order valence-corrected chi connectivity index (χ2v) is 8.14. The first-order valence-corrected chi connectivity index (χ1v) is 9.76. The number of carbonyl (C=O) groups excluding carboxylic acids is 1. The molecule has 0 bridgehead atoms. The largest absolute Gasteiger partial charge is 0.480 e. The zero-order chi connectivity index (χ0) is 21.2. The zero-order valence-corrected chi connectivity index (χ0v) is 17.2. The van der Waals surface area contributed by atoms with E-state index in [1.807, 2.05) is 24.8 Å². The number of hydrogen-bond donors (Lipinski definition) is 3. The number of pyridine rings is 1. The zero-order valence-electron chi connectivity index (χ0n) is 17.2. The van der Waals surface area contributed by atoms with Crippen molar-refractivity contribution in [2.45, 2.75) is 51.7 Å². The van der Waals surface area contributed by atoms with E-state index in [1.54, 1.807) is 32.4 Å². The lowest BCUT2D eigenvalue weighted by molar-refractivity contribution is -0.151. The topological polar surface area (TPSA) is 124 Å². The summed E-state index contributed by atoms with van der Waals surface area (Å²) >= 11 is 0. The third-order valence-electron chi connectivity index (χ3n) is 5.60. The van der Waals surface area contributed by atoms with Gasteiger partial charge in [0.2, 0.25) is 5.91 Å². The van der Waals surface area contributed by atoms with Crippen molar-refractivity contribution >= 4 is 11.9 Å². The Morgan fingerprint density at radius 2 is 2.21 bits per heavy atom. The van der Waals surface area contributed by atoms with Crippen molar-refractivity contribution < 1.29 is 14.7 Å². The van der Waals surface area contributed by atoms with Crippen molar-refractivity contribution in [3.63, 3.8) is 0 Å². The Hall–Kier alpha value is -2.81. The molecule has 0 aliphatic carbocycles. The number of aliphatic carboxylic acids is 1. The molecule has 2 aromatic rings. The van der Waals surface area contributed by atoms with E-state index in [-0.39, 0.29) is 30.8 Å². The van der Waals surface area contributed by atoms with Gasteiger partial charge in [0.1, 0.15) is 11.4 Å². The third kappa shape index (κ3) is 4.14. The predicted molar refractivity (Wildman–Crippen MR) is 106 cm³/mol. The van der Waals surface area contributed by atoms with E-state index >= 15 is 0 Å². The molecule has 3 N–H and O–H groups in total. The molecule has 1 aliphatic heterocycles. The Balaban J connectivity index is 1.91. The van der Waals surface area contributed by atoms with Crippen molar-refractivity contribution in [1.82, 2.24) is 30.4 Å². The molecular weight excluding hydrogens is 372 g/mol. The molecule has 3 heterocycles. The molecule has 1 aliphatic rings. The van der Waals surface area contributed by atoms with Gasteiger partial charge in [-0.05, 0) is 44.4 Å². The van der Waals surface area contributed by atoms with Gasteiger partial charge in [-0.2, -0.15) is 5.10 Å². The normalized spacial score (nSPS) is 24.7. The number of rotatable bonds is 7. The number of aromatic amines is 1. The molecule has 29 heavy (non-hydrogen) atoms. The minimum atomic E-state index is -1.11. The van der Waals surface area contributed by atoms with Crippen molar-refractivity contribution in [3.8, 4) is 0 Å². The van der Waals surface area contributed by atoms with E-state index in [0.29, 0.717) is 18.1 Å². The molecule has 2 aromatic heterocycles. The lowest BCUT2D eigenvalue weighted by Crippen LogP contribution is -2.50. The van der Waals surface area contributed by atoms with Gasteiger partial charge in [-0.25, -0.2) is 4.98 Å². The fraction of sp³-hybridized carbons (Fsp3) is 0.550. The number of nitrogens with zero attached hydrogens (tertiary/aromatic N) is 4. The van der Waals surface area contributed by atoms with E-state index in [1.165, 1.54) is 0 Å². The number of carboxylic acid groups (broad SMARTS) is 1. The second-order valence-electron chi connectivity index (χ2n) is 8.14. The molecule has 0 spiro atoms. The van der Waals surface area contributed by atoms with Crippen LogP contribution in [0.3, 0.4) is 0 Å². The molecule has 9 nitrogen and oxygen atoms in total. The summed E-state index contributed by atoms with van der Waals surface area (Å²) in [6.45, 7) is 5.97. The summed E-state index contributed by atoms with van der Waals surface area (Å²) in [4.78, 5) is 35.7. The van der Waals surface area contributed by atoms with Crippen LogP contribution in [0.25, 0.3) is 0 Å². The Morgan fingerprint density at radius 3 is 2.76 bits per heavy atom. The maximum atomic E-state index is 13.1. The van der Waals surface area contributed by atoms with E-state index in [9.17, 15) is 14.7 Å². The number of carbonyl (C=O) groups is 2. The first kappa shape index (κ1) is 20.9. The second kappa shape index (κ2) is 8.28. The van der Waals surface area contributed by atoms with E-state index < -0.39 is 17.4 Å². The van der Waals surface area contributed by atoms with Gasteiger partial charge in [0, 0.05) is 18.4 Å². The molecule has 156 valence electrons. The third-order valence-corrected chi connectivity index (χ3v) is 5.60. The molecule has 0 radical (unpaired) electrons. The van der Waals surface area contributed by atoms with Gasteiger partial charge in [-0.1, -0.05) is 19.9 Å². The molecule has 0 saturated carbocycles. The number of H-pyrrole nitrogens is 1. The van der Waals surface area contributed by atoms with Gasteiger partial charge < -0.3 is 10.4 Å². The fourth-order valence-electron chi connectivity index (χ4n) is 4.39. The SMILES string of the molecule is Cc1nc(CNC(=O)[C@@H]2C[C@](CC(C)C)(C(=O)O)N(C)[C@@H]2c2cccnc2)n[nH]1. The van der Waals surface area contributed by atoms with Crippen LogP contribution in [0, 0.1) is 18.8 Å². The van der Waals surface area contributed by atoms with E-state index in [2.05, 4.69) is 25.5 Å². The number of nitrogens with one attached hydrogen (secondary N) is 2. The highest BCUT2D eigenvalue weighted by Gasteiger charge is 2.57. The monoisotopic (exact) mass is 400 g/mol. The number of aromatic nitrogens is 4. The van der Waals surface area contributed by atoms with Crippen LogP contribution in [0.5, 0.6) is 0 Å². The minimum absolute atomic E-state index is 0.168. The first-order valence-electron chi connectivity index (χ1n) is 9.76. The van der Waals surface area contributed by atoms with Crippen molar-refractivity contribution in [2.24, 2.45) is 11.8 Å². The van der Waals surface area contributed by atoms with Crippen molar-refractivity contribution in [2.75, 3.05) is 7.05 Å². The predicted octanol–water partition coefficient (Wildman–Crippen LogP) is 1.69. The highest BCUT2D eigenvalue weighted by molar-refractivity contribution is 5.85. The Bertz CT molecular complexity index is 868. The molecule has 1 saturated heterocycles. The van der Waals surface area contributed by atoms with Gasteiger partial charge in [-0.15, -0.1) is 0 Å². The van der Waals surface area contributed by atoms with Crippen LogP contribution >= 0.6 is 0 Å². The smallest absolute Gasteiger partial charge is 0.324 e. The van der Waals surface area contributed by atoms with E-state index in [4.69, 9.17) is 0 Å². The summed E-state index contributed by atoms with van der Waals surface area (Å²) in [6, 6.07) is 3.31. The number of likely N-dealkylation sites (tertiary alicyclic amines) is 1. The first-order chi connectivity index (χ1) is 13.7. The van der Waals surface area contributed by atoms with Crippen LogP contribution in [0.4, 0.5) is 0 Å². The standard InChI is InChI=1S/C20H28N6O3/c1-12(2)8-20(19(28)29)9-15(17(26(20)4)14-6-5-7-21-10-14)18(27)22-11-16-23-13(3)24-25-16/h5-7,10,12,15,17H,8-9,11H2,1-4H3,(H,22,27)(H,28,29)(H,23,24,25)/t15-,17-,20-/m1/s1. The van der Waals surface area contributed by atoms with Gasteiger partial charge in [0.05, 0.1) is 12.5 Å². The van der Waals surface area contributed by atoms with Crippen LogP contribution in [0.2, 0.25) is 0 Å². The molecule has 0 unspecified atom stereocenters. The van der Waals surface area contributed by atoms with Gasteiger partial charge in [0.15, 0.2) is 5.82 Å². The number of aryl methyl sites for hydroxylation is 1. The van der Waals surface area contributed by atoms with Crippen LogP contribution in [0.15, 0.2) is 24.5 Å². The molecule has 1 fully saturated rings. The highest BCUT2D eigenvalue weighted by Crippen LogP contribution is 2.48. The summed E-state index contributed by atoms with van der Waals surface area (Å²) in [5.74, 6) is -0.306. The van der Waals surface area contributed by atoms with Gasteiger partial charge in [0.25, 0.3) is 0 Å². The Labute approximate surface area is 169 Å². The summed E-state index contributed by atoms with van der Waals surface area (Å²) in [5.41, 5.74) is -0.284. The van der Waals surface area contributed by atoms with Gasteiger partial charge >= 0.3 is 5.97 Å². The maximum absolute atomic E-state index is 13.1. The molecule has 3 rings (SSSR count). The summed E-state index contributed by atoms with van der Waals surface area (Å²) in [5, 5.41) is 19.8. The molecule has 1 amide bonds. The number of carboxylic acids is 1. The highest BCUT2D eigenvalue weighted by atomic mass is 16.4. The Kier molecular flexibility index (Phi) is 5.97. The molecular formula is C20H28N6O3. The quantitative estimate of drug-likeness (QED) is 0.646. The average Bonchev–Trinajstić information content (AvgIpc) is 3.22. The molecule has 9 heteroatoms. The van der Waals surface area contributed by atoms with Crippen LogP contribution < -0.4 is 5.32 Å². The summed E-state index contributed by atoms with van der Waals surface area (Å²) in [6.07, 6.45) is 4.06. The van der Waals surface area contributed by atoms with Crippen LogP contribution in [-0.4, -0.2) is 54.6 Å². The van der Waals surface area contributed by atoms with Crippen LogP contribution in [0.1, 0.15) is 49.9 Å². The average molecular weight is 400 g/mol. The molecule has 0 aromatic carbocycles. The number of hydrogen-bond acceptors (Lipinski definition) is 6. The van der Waals surface area contributed by atoms with Gasteiger partial charge in [-0.3, -0.25) is 24.6 Å². The molecule has 3 atom stereocenters. The van der Waals surface area contributed by atoms with E-state index in [0.717, 1.165) is 5.56 Å². The summed E-state index contributed by atoms with van der Waals surface area (Å²) < 4.78 is 0. The summed E-state index contributed by atoms with van der Waals surface area (Å²) in [7, 11) is 1.79. The lowest BCUT2D eigenvalue weighted by Gasteiger charge is -2.36. The Morgan fingerprint density at radius 1 is 1.45 bits per heavy atom. The van der Waals surface area contributed by atoms with Crippen LogP contribution in [-0.2, 0) is 16.1 Å². The maximum Gasteiger partial charge on any atom is 0.324 e. The minimum Gasteiger partial charge on any atom is -0.480 e.